The number of likely N-dealkylation sites (tertiary alicyclic amines) is 2. The third-order valence-corrected chi connectivity index (χ3v) is 13.5. The summed E-state index contributed by atoms with van der Waals surface area (Å²) >= 11 is 0. The van der Waals surface area contributed by atoms with Crippen molar-refractivity contribution in [2.45, 2.75) is 97.8 Å². The van der Waals surface area contributed by atoms with E-state index in [0.717, 1.165) is 88.2 Å². The lowest BCUT2D eigenvalue weighted by molar-refractivity contribution is -0.137. The molecule has 5 aromatic rings. The minimum absolute atomic E-state index is 0.107. The van der Waals surface area contributed by atoms with Gasteiger partial charge in [-0.05, 0) is 87.9 Å². The molecule has 332 valence electrons. The molecule has 14 heteroatoms. The monoisotopic (exact) mass is 856 g/mol. The zero-order valence-electron chi connectivity index (χ0n) is 37.6. The van der Waals surface area contributed by atoms with Crippen molar-refractivity contribution in [2.24, 2.45) is 22.7 Å². The van der Waals surface area contributed by atoms with Gasteiger partial charge >= 0.3 is 12.2 Å². The third kappa shape index (κ3) is 8.76. The molecule has 8 rings (SSSR count). The topological polar surface area (TPSA) is 175 Å². The number of carbonyl (C=O) groups excluding carboxylic acids is 4. The van der Waals surface area contributed by atoms with Crippen LogP contribution in [-0.2, 0) is 19.1 Å². The number of alkyl carbamates (subject to hydrolysis) is 2. The van der Waals surface area contributed by atoms with E-state index in [1.54, 1.807) is 0 Å². The first-order valence-electron chi connectivity index (χ1n) is 22.2. The Morgan fingerprint density at radius 1 is 0.778 bits per heavy atom. The van der Waals surface area contributed by atoms with Gasteiger partial charge in [0, 0.05) is 18.7 Å². The highest BCUT2D eigenvalue weighted by atomic mass is 16.5. The average Bonchev–Trinajstić information content (AvgIpc) is 3.77. The number of imidazole rings is 2. The molecule has 4 amide bonds. The van der Waals surface area contributed by atoms with Crippen molar-refractivity contribution < 1.29 is 28.7 Å². The van der Waals surface area contributed by atoms with E-state index < -0.39 is 29.7 Å². The van der Waals surface area contributed by atoms with Crippen molar-refractivity contribution in [1.82, 2.24) is 40.4 Å². The van der Waals surface area contributed by atoms with E-state index in [1.807, 2.05) is 56.8 Å². The van der Waals surface area contributed by atoms with E-state index in [2.05, 4.69) is 88.2 Å². The number of nitrogens with one attached hydrogen (secondary N) is 4. The van der Waals surface area contributed by atoms with Crippen LogP contribution in [0.3, 0.4) is 0 Å². The quantitative estimate of drug-likeness (QED) is 0.102. The Balaban J connectivity index is 0.968. The van der Waals surface area contributed by atoms with Crippen LogP contribution < -0.4 is 10.6 Å². The van der Waals surface area contributed by atoms with Crippen LogP contribution >= 0.6 is 0 Å². The van der Waals surface area contributed by atoms with Crippen molar-refractivity contribution in [3.63, 3.8) is 0 Å². The fraction of sp³-hybridized carbons (Fsp3) is 0.469. The maximum Gasteiger partial charge on any atom is 0.407 e. The molecule has 4 N–H and O–H groups in total. The molecule has 0 bridgehead atoms. The number of nitrogens with zero attached hydrogens (tertiary/aromatic N) is 4. The fourth-order valence-corrected chi connectivity index (χ4v) is 9.56. The van der Waals surface area contributed by atoms with Crippen molar-refractivity contribution in [1.29, 1.82) is 0 Å². The second-order valence-electron chi connectivity index (χ2n) is 19.1. The van der Waals surface area contributed by atoms with Gasteiger partial charge in [0.25, 0.3) is 0 Å². The number of amides is 4. The first-order chi connectivity index (χ1) is 30.1. The lowest BCUT2D eigenvalue weighted by atomic mass is 9.85. The Bertz CT molecular complexity index is 2500. The zero-order chi connectivity index (χ0) is 44.8. The molecular formula is C49H60N8O6. The Morgan fingerprint density at radius 2 is 1.35 bits per heavy atom. The molecule has 0 radical (unpaired) electrons. The number of aromatic nitrogens is 4. The van der Waals surface area contributed by atoms with Crippen LogP contribution in [0.15, 0.2) is 73.1 Å². The molecule has 1 spiro atoms. The number of carbonyl (C=O) groups is 4. The van der Waals surface area contributed by atoms with E-state index in [0.29, 0.717) is 13.1 Å². The molecular weight excluding hydrogens is 797 g/mol. The van der Waals surface area contributed by atoms with Gasteiger partial charge in [0.1, 0.15) is 23.7 Å². The van der Waals surface area contributed by atoms with Gasteiger partial charge in [-0.1, -0.05) is 96.5 Å². The second kappa shape index (κ2) is 17.2. The number of fused-ring (bicyclic) bond motifs is 1. The molecule has 14 nitrogen and oxygen atoms in total. The number of H-pyrrole nitrogens is 2. The standard InChI is InChI=1S/C49H60N8O6/c1-9-29-18-21-56(45(59)41(48(4,5)6)55-47(61)63-8)40(29)43-51-25-36(53-43)31-12-10-30(11-13-31)32-14-15-34-23-35(17-16-33(34)22-32)37-26-50-42(52-37)38-24-49(19-20-49)27-57(38)44(58)39(28(2)3)54-46(60)62-7/h10-17,22-23,25-26,28-29,38-41H,9,18-21,24,27H2,1-8H3,(H,50,52)(H,51,53)(H,54,60)(H,55,61)/t29-,38+,39?,40+,41-/m1/s1. The minimum Gasteiger partial charge on any atom is -0.453 e. The normalized spacial score (nSPS) is 20.2. The van der Waals surface area contributed by atoms with Gasteiger partial charge < -0.3 is 39.9 Å². The number of benzene rings is 3. The molecule has 1 aliphatic carbocycles. The average molecular weight is 857 g/mol. The number of ether oxygens (including phenoxy) is 2. The largest absolute Gasteiger partial charge is 0.453 e. The summed E-state index contributed by atoms with van der Waals surface area (Å²) in [6.45, 7) is 13.0. The summed E-state index contributed by atoms with van der Waals surface area (Å²) in [7, 11) is 2.61. The Morgan fingerprint density at radius 3 is 1.97 bits per heavy atom. The van der Waals surface area contributed by atoms with Gasteiger partial charge in [-0.2, -0.15) is 0 Å². The number of hydrogen-bond acceptors (Lipinski definition) is 8. The molecule has 5 atom stereocenters. The smallest absolute Gasteiger partial charge is 0.407 e. The molecule has 2 saturated heterocycles. The maximum absolute atomic E-state index is 14.0. The molecule has 2 aromatic heterocycles. The highest BCUT2D eigenvalue weighted by Crippen LogP contribution is 2.58. The van der Waals surface area contributed by atoms with E-state index in [1.165, 1.54) is 14.2 Å². The van der Waals surface area contributed by atoms with Gasteiger partial charge in [0.15, 0.2) is 0 Å². The Hall–Kier alpha value is -6.18. The van der Waals surface area contributed by atoms with Gasteiger partial charge in [-0.15, -0.1) is 0 Å². The third-order valence-electron chi connectivity index (χ3n) is 13.5. The van der Waals surface area contributed by atoms with Gasteiger partial charge in [0.05, 0.1) is 50.1 Å². The first kappa shape index (κ1) is 43.5. The SMILES string of the molecule is CC[C@@H]1CCN(C(=O)[C@@H](NC(=O)OC)C(C)(C)C)[C@@H]1c1ncc(-c2ccc(-c3ccc4cc(-c5cnc([C@@H]6CC7(CC7)CN6C(=O)C(NC(=O)OC)C(C)C)[nH]5)ccc4c3)cc2)[nH]1. The van der Waals surface area contributed by atoms with Gasteiger partial charge in [-0.25, -0.2) is 19.6 Å². The van der Waals surface area contributed by atoms with Crippen molar-refractivity contribution in [2.75, 3.05) is 27.3 Å². The molecule has 63 heavy (non-hydrogen) atoms. The maximum atomic E-state index is 14.0. The van der Waals surface area contributed by atoms with Crippen LogP contribution in [0.5, 0.6) is 0 Å². The Labute approximate surface area is 368 Å². The summed E-state index contributed by atoms with van der Waals surface area (Å²) < 4.78 is 9.68. The van der Waals surface area contributed by atoms with Crippen LogP contribution in [0.4, 0.5) is 9.59 Å². The summed E-state index contributed by atoms with van der Waals surface area (Å²) in [5, 5.41) is 7.73. The number of aromatic amines is 2. The van der Waals surface area contributed by atoms with Gasteiger partial charge in [0.2, 0.25) is 11.8 Å². The van der Waals surface area contributed by atoms with E-state index in [-0.39, 0.29) is 41.1 Å². The fourth-order valence-electron chi connectivity index (χ4n) is 9.56. The van der Waals surface area contributed by atoms with E-state index >= 15 is 0 Å². The van der Waals surface area contributed by atoms with Gasteiger partial charge in [-0.3, -0.25) is 9.59 Å². The lowest BCUT2D eigenvalue weighted by Crippen LogP contribution is -2.54. The summed E-state index contributed by atoms with van der Waals surface area (Å²) in [5.74, 6) is 1.37. The molecule has 3 aromatic carbocycles. The summed E-state index contributed by atoms with van der Waals surface area (Å²) in [6, 6.07) is 19.4. The predicted octanol–water partition coefficient (Wildman–Crippen LogP) is 8.79. The first-order valence-corrected chi connectivity index (χ1v) is 22.2. The molecule has 2 aliphatic heterocycles. The predicted molar refractivity (Wildman–Crippen MR) is 241 cm³/mol. The van der Waals surface area contributed by atoms with Crippen molar-refractivity contribution in [3.05, 3.63) is 84.7 Å². The number of rotatable bonds is 11. The van der Waals surface area contributed by atoms with Crippen LogP contribution in [0.25, 0.3) is 44.4 Å². The molecule has 3 fully saturated rings. The number of methoxy groups -OCH3 is 2. The highest BCUT2D eigenvalue weighted by Gasteiger charge is 2.55. The zero-order valence-corrected chi connectivity index (χ0v) is 37.6. The van der Waals surface area contributed by atoms with Crippen LogP contribution in [-0.4, -0.2) is 93.1 Å². The van der Waals surface area contributed by atoms with Crippen LogP contribution in [0, 0.1) is 22.7 Å². The van der Waals surface area contributed by atoms with E-state index in [4.69, 9.17) is 19.4 Å². The minimum atomic E-state index is -0.752. The number of hydrogen-bond donors (Lipinski definition) is 4. The Kier molecular flexibility index (Phi) is 11.9. The summed E-state index contributed by atoms with van der Waals surface area (Å²) in [6.07, 6.45) is 7.20. The van der Waals surface area contributed by atoms with Crippen LogP contribution in [0.2, 0.25) is 0 Å². The molecule has 1 saturated carbocycles. The second-order valence-corrected chi connectivity index (χ2v) is 19.1. The molecule has 3 aliphatic rings. The summed E-state index contributed by atoms with van der Waals surface area (Å²) in [4.78, 5) is 72.8. The molecule has 4 heterocycles. The lowest BCUT2D eigenvalue weighted by Gasteiger charge is -2.35. The molecule has 1 unspecified atom stereocenters. The van der Waals surface area contributed by atoms with Crippen molar-refractivity contribution >= 4 is 34.8 Å². The summed E-state index contributed by atoms with van der Waals surface area (Å²) in [5.41, 5.74) is 5.51. The highest BCUT2D eigenvalue weighted by molar-refractivity contribution is 5.91. The van der Waals surface area contributed by atoms with Crippen LogP contribution in [0.1, 0.15) is 97.4 Å². The van der Waals surface area contributed by atoms with Crippen molar-refractivity contribution in [3.8, 4) is 33.6 Å². The van der Waals surface area contributed by atoms with E-state index in [9.17, 15) is 19.2 Å².